The molecule has 0 aliphatic rings. The van der Waals surface area contributed by atoms with Crippen molar-refractivity contribution < 1.29 is 4.74 Å². The third-order valence-electron chi connectivity index (χ3n) is 3.30. The molecule has 1 heterocycles. The highest BCUT2D eigenvalue weighted by atomic mass is 127. The van der Waals surface area contributed by atoms with Gasteiger partial charge >= 0.3 is 0 Å². The largest absolute Gasteiger partial charge is 0.374 e. The van der Waals surface area contributed by atoms with Crippen molar-refractivity contribution in [2.45, 2.75) is 39.6 Å². The van der Waals surface area contributed by atoms with E-state index in [9.17, 15) is 0 Å². The Kier molecular flexibility index (Phi) is 9.97. The van der Waals surface area contributed by atoms with Crippen molar-refractivity contribution >= 4 is 41.3 Å². The minimum atomic E-state index is 0. The van der Waals surface area contributed by atoms with Gasteiger partial charge in [-0.05, 0) is 47.4 Å². The Bertz CT molecular complexity index is 614. The van der Waals surface area contributed by atoms with Crippen LogP contribution in [0, 0.1) is 0 Å². The average Bonchev–Trinajstić information content (AvgIpc) is 3.07. The Morgan fingerprint density at radius 3 is 2.46 bits per heavy atom. The molecular formula is C18H26IN3OS. The first kappa shape index (κ1) is 20.9. The lowest BCUT2D eigenvalue weighted by Gasteiger charge is -2.12. The Morgan fingerprint density at radius 1 is 1.12 bits per heavy atom. The summed E-state index contributed by atoms with van der Waals surface area (Å²) in [5.41, 5.74) is 3.68. The van der Waals surface area contributed by atoms with Gasteiger partial charge in [0.05, 0.1) is 12.7 Å². The Balaban J connectivity index is 0.00000288. The molecule has 0 saturated carbocycles. The molecule has 24 heavy (non-hydrogen) atoms. The van der Waals surface area contributed by atoms with Crippen LogP contribution in [0.15, 0.2) is 46.1 Å². The molecule has 0 radical (unpaired) electrons. The lowest BCUT2D eigenvalue weighted by Crippen LogP contribution is -2.36. The minimum absolute atomic E-state index is 0. The van der Waals surface area contributed by atoms with Crippen LogP contribution in [0.3, 0.4) is 0 Å². The van der Waals surface area contributed by atoms with Gasteiger partial charge in [0.25, 0.3) is 0 Å². The predicted octanol–water partition coefficient (Wildman–Crippen LogP) is 4.16. The highest BCUT2D eigenvalue weighted by Gasteiger charge is 2.01. The van der Waals surface area contributed by atoms with E-state index in [-0.39, 0.29) is 30.1 Å². The van der Waals surface area contributed by atoms with Gasteiger partial charge < -0.3 is 15.4 Å². The van der Waals surface area contributed by atoms with Crippen molar-refractivity contribution in [3.63, 3.8) is 0 Å². The first-order chi connectivity index (χ1) is 11.2. The summed E-state index contributed by atoms with van der Waals surface area (Å²) in [6.07, 6.45) is 0.247. The third-order valence-corrected chi connectivity index (χ3v) is 4.03. The molecule has 2 aromatic rings. The third kappa shape index (κ3) is 7.63. The average molecular weight is 459 g/mol. The van der Waals surface area contributed by atoms with Crippen molar-refractivity contribution in [2.75, 3.05) is 7.05 Å². The topological polar surface area (TPSA) is 45.7 Å². The fraction of sp³-hybridized carbons (Fsp3) is 0.389. The molecule has 1 aromatic heterocycles. The highest BCUT2D eigenvalue weighted by Crippen LogP contribution is 2.08. The molecule has 0 unspecified atom stereocenters. The van der Waals surface area contributed by atoms with Crippen molar-refractivity contribution in [3.05, 3.63) is 57.8 Å². The second-order valence-electron chi connectivity index (χ2n) is 5.59. The molecule has 0 fully saturated rings. The number of nitrogens with zero attached hydrogens (tertiary/aromatic N) is 1. The summed E-state index contributed by atoms with van der Waals surface area (Å²) in [6, 6.07) is 10.6. The monoisotopic (exact) mass is 459 g/mol. The molecule has 1 aromatic carbocycles. The molecule has 4 nitrogen and oxygen atoms in total. The van der Waals surface area contributed by atoms with Crippen LogP contribution in [0.25, 0.3) is 0 Å². The Labute approximate surface area is 165 Å². The first-order valence-electron chi connectivity index (χ1n) is 7.82. The number of hydrogen-bond donors (Lipinski definition) is 2. The zero-order valence-corrected chi connectivity index (χ0v) is 17.6. The van der Waals surface area contributed by atoms with Crippen molar-refractivity contribution in [3.8, 4) is 0 Å². The molecule has 2 N–H and O–H groups in total. The van der Waals surface area contributed by atoms with Crippen LogP contribution < -0.4 is 10.6 Å². The van der Waals surface area contributed by atoms with E-state index in [1.54, 1.807) is 18.4 Å². The normalized spacial score (nSPS) is 11.2. The van der Waals surface area contributed by atoms with Gasteiger partial charge in [-0.15, -0.1) is 24.0 Å². The summed E-state index contributed by atoms with van der Waals surface area (Å²) in [7, 11) is 1.79. The standard InChI is InChI=1S/C18H25N3OS.HI/c1-14(2)22-12-16-6-4-5-15(9-16)10-20-18(19-3)21-11-17-7-8-23-13-17;/h4-9,13-14H,10-12H2,1-3H3,(H2,19,20,21);1H. The summed E-state index contributed by atoms with van der Waals surface area (Å²) in [5, 5.41) is 10.9. The Hall–Kier alpha value is -1.12. The lowest BCUT2D eigenvalue weighted by atomic mass is 10.1. The SMILES string of the molecule is CN=C(NCc1ccsc1)NCc1cccc(COC(C)C)c1.I. The van der Waals surface area contributed by atoms with E-state index < -0.39 is 0 Å². The number of rotatable bonds is 7. The number of aliphatic imine (C=N–C) groups is 1. The van der Waals surface area contributed by atoms with Crippen LogP contribution >= 0.6 is 35.3 Å². The number of nitrogens with one attached hydrogen (secondary N) is 2. The van der Waals surface area contributed by atoms with Gasteiger partial charge in [-0.3, -0.25) is 4.99 Å². The fourth-order valence-corrected chi connectivity index (χ4v) is 2.75. The van der Waals surface area contributed by atoms with E-state index in [2.05, 4.69) is 70.6 Å². The number of guanidine groups is 1. The van der Waals surface area contributed by atoms with Crippen LogP contribution in [0.4, 0.5) is 0 Å². The zero-order valence-electron chi connectivity index (χ0n) is 14.4. The highest BCUT2D eigenvalue weighted by molar-refractivity contribution is 14.0. The minimum Gasteiger partial charge on any atom is -0.374 e. The molecule has 0 aliphatic heterocycles. The summed E-state index contributed by atoms with van der Waals surface area (Å²) < 4.78 is 5.65. The number of thiophene rings is 1. The van der Waals surface area contributed by atoms with Crippen LogP contribution in [-0.4, -0.2) is 19.1 Å². The van der Waals surface area contributed by atoms with Gasteiger partial charge in [0.2, 0.25) is 0 Å². The molecule has 0 bridgehead atoms. The number of hydrogen-bond acceptors (Lipinski definition) is 3. The van der Waals surface area contributed by atoms with Gasteiger partial charge in [-0.1, -0.05) is 24.3 Å². The molecular weight excluding hydrogens is 433 g/mol. The van der Waals surface area contributed by atoms with Gasteiger partial charge in [-0.2, -0.15) is 11.3 Å². The number of ether oxygens (including phenoxy) is 1. The van der Waals surface area contributed by atoms with Crippen molar-refractivity contribution in [1.29, 1.82) is 0 Å². The van der Waals surface area contributed by atoms with E-state index in [0.29, 0.717) is 6.61 Å². The quantitative estimate of drug-likeness (QED) is 0.372. The molecule has 0 spiro atoms. The summed E-state index contributed by atoms with van der Waals surface area (Å²) in [4.78, 5) is 4.26. The Morgan fingerprint density at radius 2 is 1.83 bits per heavy atom. The van der Waals surface area contributed by atoms with E-state index in [1.807, 2.05) is 0 Å². The maximum absolute atomic E-state index is 5.65. The van der Waals surface area contributed by atoms with Crippen LogP contribution in [-0.2, 0) is 24.4 Å². The second-order valence-corrected chi connectivity index (χ2v) is 6.37. The van der Waals surface area contributed by atoms with Crippen LogP contribution in [0.5, 0.6) is 0 Å². The van der Waals surface area contributed by atoms with Gasteiger partial charge in [0.15, 0.2) is 5.96 Å². The second kappa shape index (κ2) is 11.4. The number of halogens is 1. The maximum Gasteiger partial charge on any atom is 0.191 e. The molecule has 0 saturated heterocycles. The van der Waals surface area contributed by atoms with E-state index in [0.717, 1.165) is 19.0 Å². The van der Waals surface area contributed by atoms with Gasteiger partial charge in [0.1, 0.15) is 0 Å². The molecule has 2 rings (SSSR count). The first-order valence-corrected chi connectivity index (χ1v) is 8.76. The lowest BCUT2D eigenvalue weighted by molar-refractivity contribution is 0.0657. The summed E-state index contributed by atoms with van der Waals surface area (Å²) in [5.74, 6) is 0.806. The molecule has 0 atom stereocenters. The van der Waals surface area contributed by atoms with Crippen molar-refractivity contribution in [2.24, 2.45) is 4.99 Å². The molecule has 0 aliphatic carbocycles. The van der Waals surface area contributed by atoms with E-state index in [1.165, 1.54) is 16.7 Å². The van der Waals surface area contributed by atoms with E-state index >= 15 is 0 Å². The predicted molar refractivity (Wildman–Crippen MR) is 113 cm³/mol. The van der Waals surface area contributed by atoms with E-state index in [4.69, 9.17) is 4.74 Å². The summed E-state index contributed by atoms with van der Waals surface area (Å²) >= 11 is 1.71. The van der Waals surface area contributed by atoms with Crippen LogP contribution in [0.2, 0.25) is 0 Å². The smallest absolute Gasteiger partial charge is 0.191 e. The summed E-state index contributed by atoms with van der Waals surface area (Å²) in [6.45, 7) is 6.27. The molecule has 132 valence electrons. The molecule has 6 heteroatoms. The van der Waals surface area contributed by atoms with Gasteiger partial charge in [-0.25, -0.2) is 0 Å². The molecule has 0 amide bonds. The van der Waals surface area contributed by atoms with Crippen molar-refractivity contribution in [1.82, 2.24) is 10.6 Å². The van der Waals surface area contributed by atoms with Gasteiger partial charge in [0, 0.05) is 20.1 Å². The zero-order chi connectivity index (χ0) is 16.5. The van der Waals surface area contributed by atoms with Crippen LogP contribution in [0.1, 0.15) is 30.5 Å². The number of benzene rings is 1. The maximum atomic E-state index is 5.65. The fourth-order valence-electron chi connectivity index (χ4n) is 2.08.